The molecule has 5 rings (SSSR count). The van der Waals surface area contributed by atoms with Crippen molar-refractivity contribution in [3.8, 4) is 40.0 Å². The van der Waals surface area contributed by atoms with Gasteiger partial charge in [-0.15, -0.1) is 0 Å². The van der Waals surface area contributed by atoms with Crippen molar-refractivity contribution in [1.29, 1.82) is 0 Å². The smallest absolute Gasteiger partial charge is 0.0934 e. The molecule has 0 spiro atoms. The van der Waals surface area contributed by atoms with Crippen LogP contribution in [0, 0.1) is 11.8 Å². The molecule has 0 amide bonds. The largest absolute Gasteiger partial charge is 0.232 e. The summed E-state index contributed by atoms with van der Waals surface area (Å²) in [7, 11) is 0. The summed E-state index contributed by atoms with van der Waals surface area (Å²) in [6.45, 7) is 4.43. The molecule has 0 aliphatic heterocycles. The van der Waals surface area contributed by atoms with E-state index < -0.39 is 0 Å². The number of hydrogen-bond acceptors (Lipinski definition) is 1. The van der Waals surface area contributed by atoms with Gasteiger partial charge in [-0.25, -0.2) is 4.68 Å². The molecule has 1 heterocycles. The maximum atomic E-state index is 5.96. The van der Waals surface area contributed by atoms with Crippen molar-refractivity contribution in [1.82, 2.24) is 9.78 Å². The quantitative estimate of drug-likeness (QED) is 0.240. The first-order chi connectivity index (χ1) is 17.1. The molecule has 0 saturated heterocycles. The van der Waals surface area contributed by atoms with Crippen LogP contribution < -0.4 is 0 Å². The summed E-state index contributed by atoms with van der Waals surface area (Å²) in [5, 5.41) is 5.70. The van der Waals surface area contributed by atoms with Crippen molar-refractivity contribution in [2.24, 2.45) is 0 Å². The fourth-order valence-corrected chi connectivity index (χ4v) is 4.06. The van der Waals surface area contributed by atoms with Gasteiger partial charge in [0.05, 0.1) is 17.1 Å². The Kier molecular flexibility index (Phi) is 6.53. The van der Waals surface area contributed by atoms with E-state index >= 15 is 0 Å². The van der Waals surface area contributed by atoms with Crippen LogP contribution in [-0.4, -0.2) is 9.78 Å². The Morgan fingerprint density at radius 1 is 0.686 bits per heavy atom. The number of aromatic nitrogens is 2. The number of rotatable bonds is 4. The lowest BCUT2D eigenvalue weighted by Gasteiger charge is -2.09. The number of para-hydroxylation sites is 1. The number of nitrogens with zero attached hydrogens (tertiary/aromatic N) is 2. The van der Waals surface area contributed by atoms with Crippen LogP contribution in [0.1, 0.15) is 36.5 Å². The van der Waals surface area contributed by atoms with Crippen LogP contribution in [0.15, 0.2) is 109 Å². The first kappa shape index (κ1) is 22.7. The Balaban J connectivity index is 1.49. The first-order valence-corrected chi connectivity index (χ1v) is 12.1. The summed E-state index contributed by atoms with van der Waals surface area (Å²) in [6.07, 6.45) is 0. The molecule has 2 nitrogen and oxygen atoms in total. The summed E-state index contributed by atoms with van der Waals surface area (Å²) >= 11 is 5.96. The van der Waals surface area contributed by atoms with Crippen molar-refractivity contribution in [3.05, 3.63) is 131 Å². The monoisotopic (exact) mass is 472 g/mol. The minimum Gasteiger partial charge on any atom is -0.232 e. The number of halogens is 1. The second kappa shape index (κ2) is 10.1. The van der Waals surface area contributed by atoms with Gasteiger partial charge in [0.15, 0.2) is 0 Å². The van der Waals surface area contributed by atoms with E-state index in [2.05, 4.69) is 80.3 Å². The Labute approximate surface area is 211 Å². The lowest BCUT2D eigenvalue weighted by Crippen LogP contribution is -1.99. The molecule has 0 bridgehead atoms. The minimum atomic E-state index is 0.500. The highest BCUT2D eigenvalue weighted by Gasteiger charge is 2.13. The van der Waals surface area contributed by atoms with Gasteiger partial charge in [-0.05, 0) is 66.1 Å². The molecule has 5 aromatic rings. The summed E-state index contributed by atoms with van der Waals surface area (Å²) in [4.78, 5) is 0. The average Bonchev–Trinajstić information content (AvgIpc) is 3.35. The van der Waals surface area contributed by atoms with Crippen LogP contribution in [0.25, 0.3) is 28.2 Å². The molecule has 0 aliphatic rings. The Morgan fingerprint density at radius 3 is 1.86 bits per heavy atom. The minimum absolute atomic E-state index is 0.500. The molecule has 35 heavy (non-hydrogen) atoms. The van der Waals surface area contributed by atoms with Gasteiger partial charge in [-0.1, -0.05) is 91.9 Å². The molecule has 0 radical (unpaired) electrons. The first-order valence-electron chi connectivity index (χ1n) is 11.7. The highest BCUT2D eigenvalue weighted by molar-refractivity contribution is 6.30. The summed E-state index contributed by atoms with van der Waals surface area (Å²) in [6, 6.07) is 37.0. The average molecular weight is 473 g/mol. The van der Waals surface area contributed by atoms with Gasteiger partial charge < -0.3 is 0 Å². The fraction of sp³-hybridized carbons (Fsp3) is 0.0938. The van der Waals surface area contributed by atoms with Gasteiger partial charge in [0, 0.05) is 27.3 Å². The maximum Gasteiger partial charge on any atom is 0.0934 e. The topological polar surface area (TPSA) is 17.8 Å². The molecule has 0 atom stereocenters. The van der Waals surface area contributed by atoms with Crippen LogP contribution in [0.2, 0.25) is 5.02 Å². The van der Waals surface area contributed by atoms with Crippen LogP contribution >= 0.6 is 11.6 Å². The molecule has 3 heteroatoms. The van der Waals surface area contributed by atoms with Crippen molar-refractivity contribution in [3.63, 3.8) is 0 Å². The zero-order chi connectivity index (χ0) is 24.2. The van der Waals surface area contributed by atoms with Gasteiger partial charge in [0.25, 0.3) is 0 Å². The normalized spacial score (nSPS) is 10.7. The SMILES string of the molecule is CC(C)c1ccc(-c2cc(-c3ccc(C#Cc4ccc(Cl)cc4)cc3)nn2-c2ccccc2)cc1. The molecule has 0 unspecified atom stereocenters. The van der Waals surface area contributed by atoms with Gasteiger partial charge in [0.1, 0.15) is 0 Å². The zero-order valence-corrected chi connectivity index (χ0v) is 20.5. The third-order valence-corrected chi connectivity index (χ3v) is 6.21. The van der Waals surface area contributed by atoms with E-state index in [1.54, 1.807) is 0 Å². The Hall–Kier alpha value is -4.06. The third-order valence-electron chi connectivity index (χ3n) is 5.96. The predicted octanol–water partition coefficient (Wildman–Crippen LogP) is 8.38. The molecule has 1 aromatic heterocycles. The second-order valence-corrected chi connectivity index (χ2v) is 9.21. The number of benzene rings is 4. The second-order valence-electron chi connectivity index (χ2n) is 8.77. The predicted molar refractivity (Wildman–Crippen MR) is 146 cm³/mol. The van der Waals surface area contributed by atoms with Crippen LogP contribution in [0.5, 0.6) is 0 Å². The third kappa shape index (κ3) is 5.22. The van der Waals surface area contributed by atoms with E-state index in [1.807, 2.05) is 59.3 Å². The highest BCUT2D eigenvalue weighted by atomic mass is 35.5. The Morgan fingerprint density at radius 2 is 1.26 bits per heavy atom. The van der Waals surface area contributed by atoms with E-state index in [4.69, 9.17) is 16.7 Å². The lowest BCUT2D eigenvalue weighted by molar-refractivity contribution is 0.865. The zero-order valence-electron chi connectivity index (χ0n) is 19.7. The molecule has 0 N–H and O–H groups in total. The van der Waals surface area contributed by atoms with E-state index in [0.29, 0.717) is 10.9 Å². The molecule has 170 valence electrons. The molecule has 0 saturated carbocycles. The van der Waals surface area contributed by atoms with E-state index in [0.717, 1.165) is 39.3 Å². The molecular weight excluding hydrogens is 448 g/mol. The fourth-order valence-electron chi connectivity index (χ4n) is 3.93. The highest BCUT2D eigenvalue weighted by Crippen LogP contribution is 2.30. The Bertz CT molecular complexity index is 1480. The maximum absolute atomic E-state index is 5.96. The van der Waals surface area contributed by atoms with Gasteiger partial charge in [-0.2, -0.15) is 5.10 Å². The molecule has 0 aliphatic carbocycles. The van der Waals surface area contributed by atoms with Crippen LogP contribution in [0.4, 0.5) is 0 Å². The van der Waals surface area contributed by atoms with Crippen molar-refractivity contribution in [2.45, 2.75) is 19.8 Å². The van der Waals surface area contributed by atoms with Gasteiger partial charge in [0.2, 0.25) is 0 Å². The summed E-state index contributed by atoms with van der Waals surface area (Å²) in [5.41, 5.74) is 8.44. The van der Waals surface area contributed by atoms with E-state index in [9.17, 15) is 0 Å². The standard InChI is InChI=1S/C32H25ClN2/c1-23(2)26-16-18-28(19-17-26)32-22-31(34-35(32)30-6-4-3-5-7-30)27-14-10-24(11-15-27)8-9-25-12-20-29(33)21-13-25/h3-7,10-23H,1-2H3. The van der Waals surface area contributed by atoms with E-state index in [1.165, 1.54) is 5.56 Å². The van der Waals surface area contributed by atoms with Crippen molar-refractivity contribution < 1.29 is 0 Å². The lowest BCUT2D eigenvalue weighted by atomic mass is 10.0. The van der Waals surface area contributed by atoms with E-state index in [-0.39, 0.29) is 0 Å². The number of hydrogen-bond donors (Lipinski definition) is 0. The molecule has 4 aromatic carbocycles. The van der Waals surface area contributed by atoms with Gasteiger partial charge in [-0.3, -0.25) is 0 Å². The van der Waals surface area contributed by atoms with Crippen molar-refractivity contribution >= 4 is 11.6 Å². The van der Waals surface area contributed by atoms with Crippen LogP contribution in [-0.2, 0) is 0 Å². The van der Waals surface area contributed by atoms with Crippen LogP contribution in [0.3, 0.4) is 0 Å². The summed E-state index contributed by atoms with van der Waals surface area (Å²) in [5.74, 6) is 6.91. The molecular formula is C32H25ClN2. The summed E-state index contributed by atoms with van der Waals surface area (Å²) < 4.78 is 2.02. The van der Waals surface area contributed by atoms with Crippen molar-refractivity contribution in [2.75, 3.05) is 0 Å². The molecule has 0 fully saturated rings. The van der Waals surface area contributed by atoms with Gasteiger partial charge >= 0.3 is 0 Å².